The molecule has 106 valence electrons. The molecule has 0 radical (unpaired) electrons. The molecule has 1 aromatic heterocycles. The van der Waals surface area contributed by atoms with Crippen molar-refractivity contribution in [1.82, 2.24) is 9.78 Å². The lowest BCUT2D eigenvalue weighted by Gasteiger charge is -2.09. The maximum Gasteiger partial charge on any atom is 0.340 e. The van der Waals surface area contributed by atoms with Gasteiger partial charge >= 0.3 is 5.97 Å². The van der Waals surface area contributed by atoms with Crippen LogP contribution in [0.25, 0.3) is 0 Å². The molecule has 1 aromatic carbocycles. The van der Waals surface area contributed by atoms with Gasteiger partial charge < -0.3 is 15.2 Å². The van der Waals surface area contributed by atoms with E-state index < -0.39 is 5.97 Å². The van der Waals surface area contributed by atoms with Gasteiger partial charge in [0.15, 0.2) is 0 Å². The van der Waals surface area contributed by atoms with Crippen LogP contribution in [0.1, 0.15) is 23.0 Å². The van der Waals surface area contributed by atoms with Gasteiger partial charge in [0.25, 0.3) is 0 Å². The zero-order chi connectivity index (χ0) is 14.7. The molecule has 0 unspecified atom stereocenters. The summed E-state index contributed by atoms with van der Waals surface area (Å²) in [5.41, 5.74) is 7.28. The van der Waals surface area contributed by atoms with Gasteiger partial charge in [0, 0.05) is 18.8 Å². The van der Waals surface area contributed by atoms with Crippen LogP contribution in [0.2, 0.25) is 0 Å². The van der Waals surface area contributed by atoms with Crippen LogP contribution in [0.5, 0.6) is 11.6 Å². The predicted molar refractivity (Wildman–Crippen MR) is 74.8 cm³/mol. The first-order valence-corrected chi connectivity index (χ1v) is 6.26. The fraction of sp³-hybridized carbons (Fsp3) is 0.286. The third kappa shape index (κ3) is 2.90. The third-order valence-electron chi connectivity index (χ3n) is 2.70. The smallest absolute Gasteiger partial charge is 0.340 e. The monoisotopic (exact) mass is 275 g/mol. The molecular weight excluding hydrogens is 258 g/mol. The SMILES string of the molecule is CCOC(=O)c1cc(Oc2cc(C)nn2C)ccc1N. The number of carbonyl (C=O) groups excluding carboxylic acids is 1. The normalized spacial score (nSPS) is 10.3. The molecule has 0 aliphatic rings. The highest BCUT2D eigenvalue weighted by Crippen LogP contribution is 2.25. The minimum Gasteiger partial charge on any atom is -0.462 e. The first-order valence-electron chi connectivity index (χ1n) is 6.26. The van der Waals surface area contributed by atoms with E-state index in [1.54, 1.807) is 42.9 Å². The Hall–Kier alpha value is -2.50. The van der Waals surface area contributed by atoms with E-state index in [0.717, 1.165) is 5.69 Å². The molecule has 0 aliphatic carbocycles. The zero-order valence-electron chi connectivity index (χ0n) is 11.7. The molecule has 2 N–H and O–H groups in total. The minimum absolute atomic E-state index is 0.295. The van der Waals surface area contributed by atoms with E-state index in [9.17, 15) is 4.79 Å². The average molecular weight is 275 g/mol. The van der Waals surface area contributed by atoms with Gasteiger partial charge in [-0.25, -0.2) is 9.48 Å². The second kappa shape index (κ2) is 5.64. The van der Waals surface area contributed by atoms with Gasteiger partial charge in [-0.1, -0.05) is 0 Å². The second-order valence-electron chi connectivity index (χ2n) is 4.32. The van der Waals surface area contributed by atoms with Gasteiger partial charge in [-0.15, -0.1) is 0 Å². The van der Waals surface area contributed by atoms with Crippen molar-refractivity contribution in [3.8, 4) is 11.6 Å². The molecular formula is C14H17N3O3. The number of rotatable bonds is 4. The van der Waals surface area contributed by atoms with Gasteiger partial charge in [-0.2, -0.15) is 5.10 Å². The number of benzene rings is 1. The summed E-state index contributed by atoms with van der Waals surface area (Å²) in [7, 11) is 1.78. The maximum absolute atomic E-state index is 11.8. The summed E-state index contributed by atoms with van der Waals surface area (Å²) in [6.07, 6.45) is 0. The summed E-state index contributed by atoms with van der Waals surface area (Å²) in [4.78, 5) is 11.8. The Bertz CT molecular complexity index is 635. The first-order chi connectivity index (χ1) is 9.51. The lowest BCUT2D eigenvalue weighted by atomic mass is 10.2. The van der Waals surface area contributed by atoms with Crippen molar-refractivity contribution in [2.75, 3.05) is 12.3 Å². The quantitative estimate of drug-likeness (QED) is 0.684. The lowest BCUT2D eigenvalue weighted by Crippen LogP contribution is -2.08. The summed E-state index contributed by atoms with van der Waals surface area (Å²) in [6, 6.07) is 6.68. The van der Waals surface area contributed by atoms with E-state index in [-0.39, 0.29) is 0 Å². The molecule has 20 heavy (non-hydrogen) atoms. The number of ether oxygens (including phenoxy) is 2. The molecule has 0 fully saturated rings. The highest BCUT2D eigenvalue weighted by Gasteiger charge is 2.13. The van der Waals surface area contributed by atoms with Crippen LogP contribution in [0.3, 0.4) is 0 Å². The summed E-state index contributed by atoms with van der Waals surface area (Å²) < 4.78 is 12.3. The van der Waals surface area contributed by atoms with Gasteiger partial charge in [-0.05, 0) is 32.0 Å². The standard InChI is InChI=1S/C14H17N3O3/c1-4-19-14(18)11-8-10(5-6-12(11)15)20-13-7-9(2)16-17(13)3/h5-8H,4,15H2,1-3H3. The lowest BCUT2D eigenvalue weighted by molar-refractivity contribution is 0.0527. The van der Waals surface area contributed by atoms with Crippen molar-refractivity contribution >= 4 is 11.7 Å². The Kier molecular flexibility index (Phi) is 3.93. The number of hydrogen-bond donors (Lipinski definition) is 1. The van der Waals surface area contributed by atoms with Crippen molar-refractivity contribution in [3.05, 3.63) is 35.5 Å². The number of anilines is 1. The second-order valence-corrected chi connectivity index (χ2v) is 4.32. The molecule has 0 saturated carbocycles. The fourth-order valence-electron chi connectivity index (χ4n) is 1.79. The molecule has 2 rings (SSSR count). The van der Waals surface area contributed by atoms with E-state index in [4.69, 9.17) is 15.2 Å². The Balaban J connectivity index is 2.27. The van der Waals surface area contributed by atoms with Crippen molar-refractivity contribution < 1.29 is 14.3 Å². The maximum atomic E-state index is 11.8. The molecule has 1 heterocycles. The summed E-state index contributed by atoms with van der Waals surface area (Å²) in [5.74, 6) is 0.629. The first kappa shape index (κ1) is 13.9. The molecule has 6 nitrogen and oxygen atoms in total. The van der Waals surface area contributed by atoms with Crippen LogP contribution >= 0.6 is 0 Å². The molecule has 6 heteroatoms. The van der Waals surface area contributed by atoms with Crippen LogP contribution in [-0.4, -0.2) is 22.4 Å². The Morgan fingerprint density at radius 1 is 1.40 bits per heavy atom. The van der Waals surface area contributed by atoms with Crippen molar-refractivity contribution in [3.63, 3.8) is 0 Å². The zero-order valence-corrected chi connectivity index (χ0v) is 11.7. The van der Waals surface area contributed by atoms with Crippen LogP contribution in [0.15, 0.2) is 24.3 Å². The van der Waals surface area contributed by atoms with Gasteiger partial charge in [0.05, 0.1) is 17.9 Å². The minimum atomic E-state index is -0.461. The van der Waals surface area contributed by atoms with E-state index in [1.165, 1.54) is 0 Å². The Labute approximate surface area is 117 Å². The van der Waals surface area contributed by atoms with E-state index in [1.807, 2.05) is 6.92 Å². The molecule has 0 bridgehead atoms. The Morgan fingerprint density at radius 3 is 2.75 bits per heavy atom. The predicted octanol–water partition coefficient (Wildman–Crippen LogP) is 2.28. The van der Waals surface area contributed by atoms with Crippen molar-refractivity contribution in [2.45, 2.75) is 13.8 Å². The molecule has 0 amide bonds. The third-order valence-corrected chi connectivity index (χ3v) is 2.70. The van der Waals surface area contributed by atoms with Crippen LogP contribution in [0, 0.1) is 6.92 Å². The molecule has 0 aliphatic heterocycles. The van der Waals surface area contributed by atoms with Gasteiger partial charge in [-0.3, -0.25) is 0 Å². The number of hydrogen-bond acceptors (Lipinski definition) is 5. The summed E-state index contributed by atoms with van der Waals surface area (Å²) in [6.45, 7) is 3.91. The summed E-state index contributed by atoms with van der Waals surface area (Å²) in [5, 5.41) is 4.19. The molecule has 0 saturated heterocycles. The Morgan fingerprint density at radius 2 is 2.15 bits per heavy atom. The number of nitrogen functional groups attached to an aromatic ring is 1. The highest BCUT2D eigenvalue weighted by atomic mass is 16.5. The molecule has 2 aromatic rings. The number of carbonyl (C=O) groups is 1. The number of aryl methyl sites for hydroxylation is 2. The number of esters is 1. The van der Waals surface area contributed by atoms with E-state index in [0.29, 0.717) is 29.5 Å². The van der Waals surface area contributed by atoms with Crippen LogP contribution in [0.4, 0.5) is 5.69 Å². The number of nitrogens with two attached hydrogens (primary N) is 1. The number of nitrogens with zero attached hydrogens (tertiary/aromatic N) is 2. The van der Waals surface area contributed by atoms with Gasteiger partial charge in [0.2, 0.25) is 5.88 Å². The van der Waals surface area contributed by atoms with Gasteiger partial charge in [0.1, 0.15) is 5.75 Å². The molecule has 0 atom stereocenters. The van der Waals surface area contributed by atoms with E-state index >= 15 is 0 Å². The molecule has 0 spiro atoms. The fourth-order valence-corrected chi connectivity index (χ4v) is 1.79. The highest BCUT2D eigenvalue weighted by molar-refractivity contribution is 5.95. The van der Waals surface area contributed by atoms with Crippen molar-refractivity contribution in [2.24, 2.45) is 7.05 Å². The average Bonchev–Trinajstić information content (AvgIpc) is 2.70. The topological polar surface area (TPSA) is 79.4 Å². The van der Waals surface area contributed by atoms with E-state index in [2.05, 4.69) is 5.10 Å². The van der Waals surface area contributed by atoms with Crippen LogP contribution < -0.4 is 10.5 Å². The largest absolute Gasteiger partial charge is 0.462 e. The van der Waals surface area contributed by atoms with Crippen molar-refractivity contribution in [1.29, 1.82) is 0 Å². The van der Waals surface area contributed by atoms with Crippen LogP contribution in [-0.2, 0) is 11.8 Å². The summed E-state index contributed by atoms with van der Waals surface area (Å²) >= 11 is 0. The number of aromatic nitrogens is 2.